The van der Waals surface area contributed by atoms with Crippen molar-refractivity contribution in [3.8, 4) is 0 Å². The summed E-state index contributed by atoms with van der Waals surface area (Å²) in [5.74, 6) is 0.652. The maximum absolute atomic E-state index is 10.0. The number of aromatic nitrogens is 2. The molecule has 1 aromatic carbocycles. The van der Waals surface area contributed by atoms with Crippen LogP contribution in [0, 0.1) is 0 Å². The first-order valence-corrected chi connectivity index (χ1v) is 6.66. The third kappa shape index (κ3) is 3.35. The van der Waals surface area contributed by atoms with Crippen LogP contribution in [0.15, 0.2) is 47.6 Å². The first-order chi connectivity index (χ1) is 8.29. The van der Waals surface area contributed by atoms with Crippen LogP contribution in [0.5, 0.6) is 0 Å². The summed E-state index contributed by atoms with van der Waals surface area (Å²) in [7, 11) is 0. The smallest absolute Gasteiger partial charge is 0.0914 e. The molecule has 0 bridgehead atoms. The van der Waals surface area contributed by atoms with Gasteiger partial charge in [-0.2, -0.15) is 5.10 Å². The maximum Gasteiger partial charge on any atom is 0.0914 e. The third-order valence-electron chi connectivity index (χ3n) is 2.51. The summed E-state index contributed by atoms with van der Waals surface area (Å²) in [6, 6.07) is 10.1. The molecule has 0 aliphatic heterocycles. The second kappa shape index (κ2) is 5.89. The SMILES string of the molecule is CCn1cc(C(O)CSc2ccccc2)cn1. The molecular formula is C13H16N2OS. The largest absolute Gasteiger partial charge is 0.387 e. The van der Waals surface area contributed by atoms with Crippen molar-refractivity contribution >= 4 is 11.8 Å². The van der Waals surface area contributed by atoms with E-state index in [-0.39, 0.29) is 0 Å². The summed E-state index contributed by atoms with van der Waals surface area (Å²) in [6.07, 6.45) is 3.18. The van der Waals surface area contributed by atoms with Crippen molar-refractivity contribution < 1.29 is 5.11 Å². The van der Waals surface area contributed by atoms with Crippen molar-refractivity contribution in [2.75, 3.05) is 5.75 Å². The quantitative estimate of drug-likeness (QED) is 0.827. The summed E-state index contributed by atoms with van der Waals surface area (Å²) in [4.78, 5) is 1.18. The molecule has 0 fully saturated rings. The zero-order valence-electron chi connectivity index (χ0n) is 9.78. The second-order valence-corrected chi connectivity index (χ2v) is 4.86. The van der Waals surface area contributed by atoms with E-state index in [0.29, 0.717) is 5.75 Å². The normalized spacial score (nSPS) is 12.6. The van der Waals surface area contributed by atoms with Crippen LogP contribution >= 0.6 is 11.8 Å². The van der Waals surface area contributed by atoms with E-state index < -0.39 is 6.10 Å². The number of thioether (sulfide) groups is 1. The highest BCUT2D eigenvalue weighted by molar-refractivity contribution is 7.99. The molecule has 17 heavy (non-hydrogen) atoms. The summed E-state index contributed by atoms with van der Waals surface area (Å²) >= 11 is 1.65. The highest BCUT2D eigenvalue weighted by Crippen LogP contribution is 2.24. The number of aliphatic hydroxyl groups excluding tert-OH is 1. The Morgan fingerprint density at radius 1 is 1.35 bits per heavy atom. The lowest BCUT2D eigenvalue weighted by Crippen LogP contribution is -1.99. The standard InChI is InChI=1S/C13H16N2OS/c1-2-15-9-11(8-14-15)13(16)10-17-12-6-4-3-5-7-12/h3-9,13,16H,2,10H2,1H3. The predicted octanol–water partition coefficient (Wildman–Crippen LogP) is 2.73. The van der Waals surface area contributed by atoms with Gasteiger partial charge in [-0.05, 0) is 19.1 Å². The first kappa shape index (κ1) is 12.2. The van der Waals surface area contributed by atoms with E-state index in [0.717, 1.165) is 12.1 Å². The van der Waals surface area contributed by atoms with Gasteiger partial charge in [0.05, 0.1) is 12.3 Å². The van der Waals surface area contributed by atoms with Crippen LogP contribution < -0.4 is 0 Å². The van der Waals surface area contributed by atoms with Gasteiger partial charge in [-0.25, -0.2) is 0 Å². The van der Waals surface area contributed by atoms with Gasteiger partial charge < -0.3 is 5.11 Å². The van der Waals surface area contributed by atoms with Gasteiger partial charge in [0.2, 0.25) is 0 Å². The van der Waals surface area contributed by atoms with Crippen LogP contribution in [-0.4, -0.2) is 20.6 Å². The van der Waals surface area contributed by atoms with E-state index >= 15 is 0 Å². The number of aryl methyl sites for hydroxylation is 1. The monoisotopic (exact) mass is 248 g/mol. The lowest BCUT2D eigenvalue weighted by atomic mass is 10.2. The van der Waals surface area contributed by atoms with Crippen molar-refractivity contribution in [2.24, 2.45) is 0 Å². The first-order valence-electron chi connectivity index (χ1n) is 5.68. The molecule has 1 N–H and O–H groups in total. The molecule has 0 amide bonds. The number of rotatable bonds is 5. The molecule has 0 saturated heterocycles. The highest BCUT2D eigenvalue weighted by atomic mass is 32.2. The summed E-state index contributed by atoms with van der Waals surface area (Å²) in [5, 5.41) is 14.2. The molecule has 0 spiro atoms. The second-order valence-electron chi connectivity index (χ2n) is 3.77. The van der Waals surface area contributed by atoms with Gasteiger partial charge in [0.25, 0.3) is 0 Å². The summed E-state index contributed by atoms with van der Waals surface area (Å²) < 4.78 is 1.83. The van der Waals surface area contributed by atoms with Crippen LogP contribution in [0.2, 0.25) is 0 Å². The Labute approximate surface area is 105 Å². The van der Waals surface area contributed by atoms with Gasteiger partial charge in [-0.15, -0.1) is 11.8 Å². The van der Waals surface area contributed by atoms with Gasteiger partial charge in [0.1, 0.15) is 0 Å². The minimum atomic E-state index is -0.458. The zero-order chi connectivity index (χ0) is 12.1. The molecular weight excluding hydrogens is 232 g/mol. The topological polar surface area (TPSA) is 38.0 Å². The average molecular weight is 248 g/mol. The van der Waals surface area contributed by atoms with Crippen molar-refractivity contribution in [1.29, 1.82) is 0 Å². The molecule has 0 aliphatic carbocycles. The third-order valence-corrected chi connectivity index (χ3v) is 3.60. The van der Waals surface area contributed by atoms with Gasteiger partial charge in [-0.1, -0.05) is 18.2 Å². The van der Waals surface area contributed by atoms with Crippen LogP contribution in [-0.2, 0) is 6.54 Å². The molecule has 1 atom stereocenters. The van der Waals surface area contributed by atoms with E-state index in [2.05, 4.69) is 5.10 Å². The Bertz CT molecular complexity index is 455. The predicted molar refractivity (Wildman–Crippen MR) is 70.0 cm³/mol. The zero-order valence-corrected chi connectivity index (χ0v) is 10.6. The van der Waals surface area contributed by atoms with E-state index in [1.54, 1.807) is 18.0 Å². The van der Waals surface area contributed by atoms with Crippen LogP contribution in [0.3, 0.4) is 0 Å². The molecule has 90 valence electrons. The van der Waals surface area contributed by atoms with Gasteiger partial charge in [0.15, 0.2) is 0 Å². The minimum absolute atomic E-state index is 0.458. The fraction of sp³-hybridized carbons (Fsp3) is 0.308. The Kier molecular flexibility index (Phi) is 4.23. The van der Waals surface area contributed by atoms with E-state index in [1.807, 2.05) is 48.1 Å². The maximum atomic E-state index is 10.0. The van der Waals surface area contributed by atoms with Crippen LogP contribution in [0.25, 0.3) is 0 Å². The van der Waals surface area contributed by atoms with E-state index in [9.17, 15) is 5.11 Å². The van der Waals surface area contributed by atoms with Crippen molar-refractivity contribution in [2.45, 2.75) is 24.5 Å². The lowest BCUT2D eigenvalue weighted by molar-refractivity contribution is 0.204. The molecule has 0 saturated carbocycles. The average Bonchev–Trinajstić information content (AvgIpc) is 2.86. The molecule has 2 rings (SSSR count). The summed E-state index contributed by atoms with van der Waals surface area (Å²) in [6.45, 7) is 2.86. The Balaban J connectivity index is 1.91. The van der Waals surface area contributed by atoms with E-state index in [1.165, 1.54) is 4.90 Å². The molecule has 2 aromatic rings. The number of hydrogen-bond acceptors (Lipinski definition) is 3. The van der Waals surface area contributed by atoms with E-state index in [4.69, 9.17) is 0 Å². The number of hydrogen-bond donors (Lipinski definition) is 1. The van der Waals surface area contributed by atoms with Gasteiger partial charge in [0, 0.05) is 29.0 Å². The fourth-order valence-electron chi connectivity index (χ4n) is 1.51. The number of nitrogens with zero attached hydrogens (tertiary/aromatic N) is 2. The Hall–Kier alpha value is -1.26. The molecule has 3 nitrogen and oxygen atoms in total. The summed E-state index contributed by atoms with van der Waals surface area (Å²) in [5.41, 5.74) is 0.885. The number of benzene rings is 1. The minimum Gasteiger partial charge on any atom is -0.387 e. The molecule has 0 aliphatic rings. The van der Waals surface area contributed by atoms with Crippen LogP contribution in [0.4, 0.5) is 0 Å². The van der Waals surface area contributed by atoms with Gasteiger partial charge in [-0.3, -0.25) is 4.68 Å². The lowest BCUT2D eigenvalue weighted by Gasteiger charge is -2.07. The van der Waals surface area contributed by atoms with Gasteiger partial charge >= 0.3 is 0 Å². The fourth-order valence-corrected chi connectivity index (χ4v) is 2.41. The Morgan fingerprint density at radius 2 is 2.12 bits per heavy atom. The highest BCUT2D eigenvalue weighted by Gasteiger charge is 2.10. The molecule has 1 heterocycles. The molecule has 0 radical (unpaired) electrons. The van der Waals surface area contributed by atoms with Crippen LogP contribution in [0.1, 0.15) is 18.6 Å². The molecule has 1 unspecified atom stereocenters. The van der Waals surface area contributed by atoms with Crippen molar-refractivity contribution in [3.05, 3.63) is 48.3 Å². The Morgan fingerprint density at radius 3 is 2.76 bits per heavy atom. The molecule has 1 aromatic heterocycles. The molecule has 4 heteroatoms. The van der Waals surface area contributed by atoms with Crippen molar-refractivity contribution in [3.63, 3.8) is 0 Å². The number of aliphatic hydroxyl groups is 1. The van der Waals surface area contributed by atoms with Crippen molar-refractivity contribution in [1.82, 2.24) is 9.78 Å².